The topological polar surface area (TPSA) is 64.7 Å². The first kappa shape index (κ1) is 26.9. The highest BCUT2D eigenvalue weighted by molar-refractivity contribution is 7.26. The van der Waals surface area contributed by atoms with Crippen molar-refractivity contribution in [2.45, 2.75) is 0 Å². The first-order valence-corrected chi connectivity index (χ1v) is 16.6. The van der Waals surface area contributed by atoms with E-state index in [1.54, 1.807) is 11.3 Å². The fourth-order valence-electron chi connectivity index (χ4n) is 6.67. The Morgan fingerprint density at radius 2 is 1.21 bits per heavy atom. The average molecular weight is 633 g/mol. The average Bonchev–Trinajstić information content (AvgIpc) is 3.73. The van der Waals surface area contributed by atoms with Gasteiger partial charge in [-0.25, -0.2) is 15.0 Å². The molecule has 0 N–H and O–H groups in total. The van der Waals surface area contributed by atoms with E-state index in [2.05, 4.69) is 91.0 Å². The van der Waals surface area contributed by atoms with Crippen molar-refractivity contribution < 1.29 is 4.42 Å². The summed E-state index contributed by atoms with van der Waals surface area (Å²) in [5.74, 6) is 1.82. The highest BCUT2D eigenvalue weighted by Crippen LogP contribution is 2.41. The Hall–Kier alpha value is -6.24. The number of nitrogens with zero attached hydrogens (tertiary/aromatic N) is 4. The summed E-state index contributed by atoms with van der Waals surface area (Å²) in [5.41, 5.74) is 6.23. The van der Waals surface area contributed by atoms with Gasteiger partial charge in [0.05, 0.1) is 5.69 Å². The van der Waals surface area contributed by atoms with Crippen molar-refractivity contribution in [1.82, 2.24) is 19.9 Å². The molecule has 0 fully saturated rings. The molecule has 6 heteroatoms. The molecule has 6 aromatic carbocycles. The van der Waals surface area contributed by atoms with E-state index in [-0.39, 0.29) is 0 Å². The summed E-state index contributed by atoms with van der Waals surface area (Å²) in [6.07, 6.45) is 1.93. The van der Waals surface area contributed by atoms with Gasteiger partial charge in [-0.2, -0.15) is 0 Å². The summed E-state index contributed by atoms with van der Waals surface area (Å²) in [6, 6.07) is 47.8. The number of benzene rings is 6. The maximum absolute atomic E-state index is 6.52. The van der Waals surface area contributed by atoms with Gasteiger partial charge in [0, 0.05) is 65.5 Å². The number of pyridine rings is 1. The van der Waals surface area contributed by atoms with Crippen LogP contribution < -0.4 is 0 Å². The third-order valence-electron chi connectivity index (χ3n) is 8.98. The van der Waals surface area contributed by atoms with E-state index in [9.17, 15) is 0 Å². The minimum absolute atomic E-state index is 0.583. The molecular formula is C42H24N4OS. The van der Waals surface area contributed by atoms with Crippen molar-refractivity contribution >= 4 is 64.2 Å². The first-order chi connectivity index (χ1) is 23.8. The van der Waals surface area contributed by atoms with Gasteiger partial charge in [-0.1, -0.05) is 115 Å². The molecule has 4 aromatic heterocycles. The third kappa shape index (κ3) is 4.31. The molecule has 4 heterocycles. The van der Waals surface area contributed by atoms with Crippen LogP contribution in [0.3, 0.4) is 0 Å². The molecule has 0 bridgehead atoms. The summed E-state index contributed by atoms with van der Waals surface area (Å²) >= 11 is 1.80. The molecule has 224 valence electrons. The van der Waals surface area contributed by atoms with Crippen molar-refractivity contribution in [2.75, 3.05) is 0 Å². The van der Waals surface area contributed by atoms with Gasteiger partial charge in [0.15, 0.2) is 17.5 Å². The van der Waals surface area contributed by atoms with Crippen LogP contribution in [-0.4, -0.2) is 19.9 Å². The van der Waals surface area contributed by atoms with E-state index >= 15 is 0 Å². The number of aromatic nitrogens is 4. The highest BCUT2D eigenvalue weighted by Gasteiger charge is 2.19. The summed E-state index contributed by atoms with van der Waals surface area (Å²) in [4.78, 5) is 20.1. The number of furan rings is 1. The Kier molecular flexibility index (Phi) is 5.98. The van der Waals surface area contributed by atoms with E-state index in [0.717, 1.165) is 55.3 Å². The van der Waals surface area contributed by atoms with Gasteiger partial charge in [0.25, 0.3) is 0 Å². The zero-order valence-electron chi connectivity index (χ0n) is 25.5. The van der Waals surface area contributed by atoms with Gasteiger partial charge in [-0.15, -0.1) is 11.3 Å². The molecule has 0 spiro atoms. The summed E-state index contributed by atoms with van der Waals surface area (Å²) in [5, 5.41) is 6.67. The highest BCUT2D eigenvalue weighted by atomic mass is 32.1. The van der Waals surface area contributed by atoms with E-state index in [0.29, 0.717) is 17.5 Å². The Morgan fingerprint density at radius 1 is 0.479 bits per heavy atom. The number of hydrogen-bond donors (Lipinski definition) is 0. The lowest BCUT2D eigenvalue weighted by molar-refractivity contribution is 0.668. The number of thiophene rings is 1. The van der Waals surface area contributed by atoms with Crippen LogP contribution >= 0.6 is 11.3 Å². The molecule has 5 nitrogen and oxygen atoms in total. The van der Waals surface area contributed by atoms with Gasteiger partial charge in [-0.3, -0.25) is 4.98 Å². The maximum atomic E-state index is 6.52. The number of rotatable bonds is 4. The van der Waals surface area contributed by atoms with Gasteiger partial charge < -0.3 is 4.42 Å². The molecule has 48 heavy (non-hydrogen) atoms. The van der Waals surface area contributed by atoms with Crippen LogP contribution in [0.25, 0.3) is 98.3 Å². The standard InChI is InChI=1S/C42H24N4OS/c1-2-11-26(12-3-1)40-44-41(28-21-20-25-10-4-5-13-27(25)22-28)46-42(45-40)32-17-9-18-35-38(32)33-24-43-34(23-36(33)47-35)31-16-8-15-30-29-14-6-7-19-37(29)48-39(30)31/h1-24H. The van der Waals surface area contributed by atoms with Gasteiger partial charge in [0.1, 0.15) is 11.2 Å². The third-order valence-corrected chi connectivity index (χ3v) is 10.2. The van der Waals surface area contributed by atoms with Crippen molar-refractivity contribution in [2.24, 2.45) is 0 Å². The van der Waals surface area contributed by atoms with Gasteiger partial charge in [-0.05, 0) is 29.0 Å². The molecule has 0 unspecified atom stereocenters. The predicted octanol–water partition coefficient (Wildman–Crippen LogP) is 11.4. The van der Waals surface area contributed by atoms with Crippen LogP contribution in [0.2, 0.25) is 0 Å². The molecule has 0 saturated heterocycles. The Labute approximate surface area is 278 Å². The normalized spacial score (nSPS) is 11.8. The Balaban J connectivity index is 1.16. The predicted molar refractivity (Wildman–Crippen MR) is 197 cm³/mol. The van der Waals surface area contributed by atoms with Crippen LogP contribution in [0.15, 0.2) is 150 Å². The lowest BCUT2D eigenvalue weighted by Crippen LogP contribution is -2.00. The second-order valence-corrected chi connectivity index (χ2v) is 12.9. The molecule has 10 aromatic rings. The van der Waals surface area contributed by atoms with Crippen molar-refractivity contribution in [3.8, 4) is 45.4 Å². The number of fused-ring (bicyclic) bond motifs is 7. The second-order valence-electron chi connectivity index (χ2n) is 11.9. The molecule has 0 radical (unpaired) electrons. The Morgan fingerprint density at radius 3 is 2.12 bits per heavy atom. The zero-order valence-corrected chi connectivity index (χ0v) is 26.3. The first-order valence-electron chi connectivity index (χ1n) is 15.8. The Bertz CT molecular complexity index is 2860. The minimum Gasteiger partial charge on any atom is -0.456 e. The summed E-state index contributed by atoms with van der Waals surface area (Å²) in [7, 11) is 0. The van der Waals surface area contributed by atoms with Crippen LogP contribution in [0, 0.1) is 0 Å². The van der Waals surface area contributed by atoms with E-state index < -0.39 is 0 Å². The SMILES string of the molecule is c1ccc(-c2nc(-c3ccc4ccccc4c3)nc(-c3cccc4oc5cc(-c6cccc7c6sc6ccccc67)ncc5c34)n2)cc1. The maximum Gasteiger partial charge on any atom is 0.164 e. The van der Waals surface area contributed by atoms with Crippen molar-refractivity contribution in [3.05, 3.63) is 146 Å². The minimum atomic E-state index is 0.583. The monoisotopic (exact) mass is 632 g/mol. The molecular weight excluding hydrogens is 609 g/mol. The zero-order chi connectivity index (χ0) is 31.6. The summed E-state index contributed by atoms with van der Waals surface area (Å²) < 4.78 is 9.01. The fourth-order valence-corrected chi connectivity index (χ4v) is 7.90. The summed E-state index contributed by atoms with van der Waals surface area (Å²) in [6.45, 7) is 0. The van der Waals surface area contributed by atoms with Crippen LogP contribution in [0.5, 0.6) is 0 Å². The van der Waals surface area contributed by atoms with Crippen molar-refractivity contribution in [3.63, 3.8) is 0 Å². The van der Waals surface area contributed by atoms with Gasteiger partial charge >= 0.3 is 0 Å². The second kappa shape index (κ2) is 10.7. The molecule has 0 aliphatic rings. The van der Waals surface area contributed by atoms with Crippen LogP contribution in [0.4, 0.5) is 0 Å². The van der Waals surface area contributed by atoms with E-state index in [4.69, 9.17) is 24.4 Å². The van der Waals surface area contributed by atoms with Crippen molar-refractivity contribution in [1.29, 1.82) is 0 Å². The van der Waals surface area contributed by atoms with Crippen LogP contribution in [-0.2, 0) is 0 Å². The lowest BCUT2D eigenvalue weighted by atomic mass is 10.0. The molecule has 10 rings (SSSR count). The largest absolute Gasteiger partial charge is 0.456 e. The quantitative estimate of drug-likeness (QED) is 0.193. The van der Waals surface area contributed by atoms with E-state index in [1.807, 2.05) is 54.7 Å². The molecule has 0 atom stereocenters. The lowest BCUT2D eigenvalue weighted by Gasteiger charge is -2.10. The molecule has 0 saturated carbocycles. The van der Waals surface area contributed by atoms with Crippen LogP contribution in [0.1, 0.15) is 0 Å². The molecule has 0 aliphatic heterocycles. The van der Waals surface area contributed by atoms with E-state index in [1.165, 1.54) is 25.6 Å². The smallest absolute Gasteiger partial charge is 0.164 e. The number of hydrogen-bond acceptors (Lipinski definition) is 6. The fraction of sp³-hybridized carbons (Fsp3) is 0. The molecule has 0 amide bonds. The molecule has 0 aliphatic carbocycles. The van der Waals surface area contributed by atoms with Gasteiger partial charge in [0.2, 0.25) is 0 Å².